The maximum Gasteiger partial charge on any atom is 0.259 e. The molecule has 7 nitrogen and oxygen atoms in total. The average Bonchev–Trinajstić information content (AvgIpc) is 2.62. The number of aliphatic hydroxyl groups is 1. The van der Waals surface area contributed by atoms with Crippen molar-refractivity contribution >= 4 is 33.2 Å². The number of carbonyl (C=O) groups excluding carboxylic acids is 1. The number of halogens is 1. The van der Waals surface area contributed by atoms with Crippen LogP contribution >= 0.6 is 11.6 Å². The van der Waals surface area contributed by atoms with E-state index in [1.807, 2.05) is 13.0 Å². The van der Waals surface area contributed by atoms with E-state index in [1.54, 1.807) is 12.1 Å². The monoisotopic (exact) mass is 424 g/mol. The van der Waals surface area contributed by atoms with Gasteiger partial charge in [-0.15, -0.1) is 0 Å². The van der Waals surface area contributed by atoms with Crippen LogP contribution in [0.3, 0.4) is 0 Å². The van der Waals surface area contributed by atoms with Gasteiger partial charge in [-0.1, -0.05) is 17.7 Å². The van der Waals surface area contributed by atoms with E-state index < -0.39 is 22.0 Å². The lowest BCUT2D eigenvalue weighted by Crippen LogP contribution is -2.46. The van der Waals surface area contributed by atoms with Gasteiger partial charge in [-0.2, -0.15) is 0 Å². The van der Waals surface area contributed by atoms with Crippen molar-refractivity contribution in [2.75, 3.05) is 12.4 Å². The molecular formula is C19H21ClN2O5S. The van der Waals surface area contributed by atoms with Crippen molar-refractivity contribution in [3.63, 3.8) is 0 Å². The van der Waals surface area contributed by atoms with Gasteiger partial charge in [0, 0.05) is 6.04 Å². The van der Waals surface area contributed by atoms with Crippen LogP contribution in [0.25, 0.3) is 0 Å². The number of aryl methyl sites for hydroxylation is 1. The second kappa shape index (κ2) is 8.08. The smallest absolute Gasteiger partial charge is 0.259 e. The van der Waals surface area contributed by atoms with E-state index in [0.29, 0.717) is 23.6 Å². The van der Waals surface area contributed by atoms with Gasteiger partial charge in [0.25, 0.3) is 5.91 Å². The van der Waals surface area contributed by atoms with Gasteiger partial charge in [-0.05, 0) is 55.7 Å². The van der Waals surface area contributed by atoms with Crippen LogP contribution in [-0.4, -0.2) is 38.7 Å². The zero-order chi connectivity index (χ0) is 20.5. The summed E-state index contributed by atoms with van der Waals surface area (Å²) in [7, 11) is -2.44. The molecule has 0 atom stereocenters. The largest absolute Gasteiger partial charge is 0.496 e. The highest BCUT2D eigenvalue weighted by molar-refractivity contribution is 7.89. The molecule has 0 aliphatic heterocycles. The predicted octanol–water partition coefficient (Wildman–Crippen LogP) is 2.71. The number of benzene rings is 2. The minimum atomic E-state index is -3.84. The lowest BCUT2D eigenvalue weighted by molar-refractivity contribution is 0.0712. The summed E-state index contributed by atoms with van der Waals surface area (Å²) in [6.07, 6.45) is 0.257. The zero-order valence-electron chi connectivity index (χ0n) is 15.4. The maximum absolute atomic E-state index is 12.8. The Hall–Kier alpha value is -2.13. The molecule has 1 aliphatic rings. The topological polar surface area (TPSA) is 105 Å². The molecule has 150 valence electrons. The van der Waals surface area contributed by atoms with Gasteiger partial charge in [-0.3, -0.25) is 4.79 Å². The van der Waals surface area contributed by atoms with Crippen molar-refractivity contribution in [1.82, 2.24) is 4.72 Å². The zero-order valence-corrected chi connectivity index (χ0v) is 17.0. The van der Waals surface area contributed by atoms with Gasteiger partial charge in [0.15, 0.2) is 0 Å². The summed E-state index contributed by atoms with van der Waals surface area (Å²) in [5, 5.41) is 12.4. The summed E-state index contributed by atoms with van der Waals surface area (Å²) in [4.78, 5) is 12.7. The van der Waals surface area contributed by atoms with E-state index in [9.17, 15) is 18.3 Å². The first-order valence-corrected chi connectivity index (χ1v) is 10.5. The number of nitrogens with one attached hydrogen (secondary N) is 2. The normalized spacial score (nSPS) is 19.0. The van der Waals surface area contributed by atoms with Crippen molar-refractivity contribution in [3.05, 3.63) is 52.5 Å². The van der Waals surface area contributed by atoms with Gasteiger partial charge in [-0.25, -0.2) is 13.1 Å². The molecule has 3 N–H and O–H groups in total. The molecule has 0 bridgehead atoms. The third-order valence-electron chi connectivity index (χ3n) is 4.53. The van der Waals surface area contributed by atoms with Crippen LogP contribution in [0.15, 0.2) is 41.3 Å². The van der Waals surface area contributed by atoms with Crippen LogP contribution in [-0.2, 0) is 10.0 Å². The van der Waals surface area contributed by atoms with Gasteiger partial charge >= 0.3 is 0 Å². The molecule has 0 unspecified atom stereocenters. The first kappa shape index (κ1) is 20.6. The van der Waals surface area contributed by atoms with Gasteiger partial charge in [0.1, 0.15) is 5.75 Å². The van der Waals surface area contributed by atoms with Crippen molar-refractivity contribution in [3.8, 4) is 5.75 Å². The van der Waals surface area contributed by atoms with Crippen LogP contribution < -0.4 is 14.8 Å². The molecule has 2 aromatic carbocycles. The highest BCUT2D eigenvalue weighted by atomic mass is 35.5. The highest BCUT2D eigenvalue weighted by Crippen LogP contribution is 2.28. The van der Waals surface area contributed by atoms with E-state index in [0.717, 1.165) is 5.56 Å². The lowest BCUT2D eigenvalue weighted by Gasteiger charge is -2.31. The summed E-state index contributed by atoms with van der Waals surface area (Å²) >= 11 is 6.12. The first-order chi connectivity index (χ1) is 13.2. The fourth-order valence-corrected chi connectivity index (χ4v) is 4.38. The summed E-state index contributed by atoms with van der Waals surface area (Å²) in [5.74, 6) is -0.306. The Morgan fingerprint density at radius 2 is 1.93 bits per heavy atom. The number of aliphatic hydroxyl groups excluding tert-OH is 1. The fraction of sp³-hybridized carbons (Fsp3) is 0.316. The molecule has 0 heterocycles. The van der Waals surface area contributed by atoms with E-state index >= 15 is 0 Å². The molecule has 9 heteroatoms. The predicted molar refractivity (Wildman–Crippen MR) is 106 cm³/mol. The van der Waals surface area contributed by atoms with Crippen LogP contribution in [0.4, 0.5) is 5.69 Å². The number of anilines is 1. The van der Waals surface area contributed by atoms with Crippen molar-refractivity contribution in [1.29, 1.82) is 0 Å². The molecule has 0 radical (unpaired) electrons. The van der Waals surface area contributed by atoms with Crippen molar-refractivity contribution in [2.24, 2.45) is 0 Å². The van der Waals surface area contributed by atoms with Crippen molar-refractivity contribution < 1.29 is 23.1 Å². The van der Waals surface area contributed by atoms with E-state index in [2.05, 4.69) is 10.0 Å². The molecule has 1 amide bonds. The molecule has 3 rings (SSSR count). The SMILES string of the molecule is COc1ccc(S(=O)(=O)NC2CC(O)C2)cc1C(=O)Nc1cc(C)ccc1Cl. The third-order valence-corrected chi connectivity index (χ3v) is 6.38. The molecule has 0 aromatic heterocycles. The third kappa shape index (κ3) is 4.47. The number of amides is 1. The Morgan fingerprint density at radius 3 is 2.57 bits per heavy atom. The van der Waals surface area contributed by atoms with Gasteiger partial charge < -0.3 is 15.2 Å². The lowest BCUT2D eigenvalue weighted by atomic mass is 9.91. The minimum absolute atomic E-state index is 0.0600. The Morgan fingerprint density at radius 1 is 1.21 bits per heavy atom. The van der Waals surface area contributed by atoms with Crippen LogP contribution in [0, 0.1) is 6.92 Å². The Kier molecular flexibility index (Phi) is 5.95. The second-order valence-electron chi connectivity index (χ2n) is 6.74. The number of methoxy groups -OCH3 is 1. The van der Waals surface area contributed by atoms with Gasteiger partial charge in [0.05, 0.1) is 34.4 Å². The summed E-state index contributed by atoms with van der Waals surface area (Å²) in [6.45, 7) is 1.86. The summed E-state index contributed by atoms with van der Waals surface area (Å²) < 4.78 is 32.9. The number of rotatable bonds is 6. The molecule has 1 saturated carbocycles. The quantitative estimate of drug-likeness (QED) is 0.661. The average molecular weight is 425 g/mol. The molecule has 0 spiro atoms. The number of hydrogen-bond donors (Lipinski definition) is 3. The second-order valence-corrected chi connectivity index (χ2v) is 8.86. The van der Waals surface area contributed by atoms with Crippen LogP contribution in [0.2, 0.25) is 5.02 Å². The first-order valence-electron chi connectivity index (χ1n) is 8.65. The minimum Gasteiger partial charge on any atom is -0.496 e. The standard InChI is InChI=1S/C19H21ClN2O5S/c1-11-3-5-16(20)17(7-11)21-19(24)15-10-14(4-6-18(15)27-2)28(25,26)22-12-8-13(23)9-12/h3-7,10,12-13,22-23H,8-9H2,1-2H3,(H,21,24). The Labute approximate surface area is 168 Å². The Balaban J connectivity index is 1.88. The van der Waals surface area contributed by atoms with E-state index in [-0.39, 0.29) is 22.3 Å². The maximum atomic E-state index is 12.8. The molecule has 1 aliphatic carbocycles. The highest BCUT2D eigenvalue weighted by Gasteiger charge is 2.31. The number of carbonyl (C=O) groups is 1. The molecule has 2 aromatic rings. The van der Waals surface area contributed by atoms with E-state index in [1.165, 1.54) is 25.3 Å². The number of hydrogen-bond acceptors (Lipinski definition) is 5. The van der Waals surface area contributed by atoms with Crippen LogP contribution in [0.5, 0.6) is 5.75 Å². The van der Waals surface area contributed by atoms with Crippen molar-refractivity contribution in [2.45, 2.75) is 36.8 Å². The number of ether oxygens (including phenoxy) is 1. The molecule has 0 saturated heterocycles. The van der Waals surface area contributed by atoms with Gasteiger partial charge in [0.2, 0.25) is 10.0 Å². The fourth-order valence-electron chi connectivity index (χ4n) is 2.93. The Bertz CT molecular complexity index is 1000. The molecule has 1 fully saturated rings. The molecule has 28 heavy (non-hydrogen) atoms. The van der Waals surface area contributed by atoms with E-state index in [4.69, 9.17) is 16.3 Å². The summed E-state index contributed by atoms with van der Waals surface area (Å²) in [5.41, 5.74) is 1.40. The van der Waals surface area contributed by atoms with Crippen LogP contribution in [0.1, 0.15) is 28.8 Å². The summed E-state index contributed by atoms with van der Waals surface area (Å²) in [6, 6.07) is 8.94. The molecular weight excluding hydrogens is 404 g/mol. The number of sulfonamides is 1.